The zero-order valence-electron chi connectivity index (χ0n) is 11.8. The van der Waals surface area contributed by atoms with Crippen LogP contribution < -0.4 is 11.3 Å². The number of fused-ring (bicyclic) bond motifs is 1. The van der Waals surface area contributed by atoms with Gasteiger partial charge in [0.15, 0.2) is 0 Å². The van der Waals surface area contributed by atoms with E-state index in [0.717, 1.165) is 11.9 Å². The number of benzene rings is 1. The predicted molar refractivity (Wildman–Crippen MR) is 86.7 cm³/mol. The third-order valence-corrected chi connectivity index (χ3v) is 5.99. The second-order valence-corrected chi connectivity index (χ2v) is 7.30. The summed E-state index contributed by atoms with van der Waals surface area (Å²) in [5.41, 5.74) is 5.44. The lowest BCUT2D eigenvalue weighted by Gasteiger charge is -2.33. The van der Waals surface area contributed by atoms with Crippen molar-refractivity contribution >= 4 is 22.7 Å². The Bertz CT molecular complexity index is 588. The summed E-state index contributed by atoms with van der Waals surface area (Å²) < 4.78 is 0.235. The molecule has 0 bridgehead atoms. The van der Waals surface area contributed by atoms with Gasteiger partial charge in [-0.2, -0.15) is 11.8 Å². The van der Waals surface area contributed by atoms with E-state index in [0.29, 0.717) is 6.04 Å². The lowest BCUT2D eigenvalue weighted by Crippen LogP contribution is -2.50. The molecule has 0 saturated carbocycles. The van der Waals surface area contributed by atoms with Gasteiger partial charge in [-0.05, 0) is 49.6 Å². The van der Waals surface area contributed by atoms with E-state index in [1.54, 1.807) is 0 Å². The Balaban J connectivity index is 1.91. The minimum Gasteiger partial charge on any atom is -0.271 e. The van der Waals surface area contributed by atoms with Crippen molar-refractivity contribution in [1.29, 1.82) is 0 Å². The van der Waals surface area contributed by atoms with Gasteiger partial charge in [-0.1, -0.05) is 18.2 Å². The monoisotopic (exact) mass is 287 g/mol. The van der Waals surface area contributed by atoms with Crippen molar-refractivity contribution < 1.29 is 0 Å². The van der Waals surface area contributed by atoms with E-state index in [1.807, 2.05) is 24.0 Å². The molecule has 2 aromatic rings. The quantitative estimate of drug-likeness (QED) is 0.670. The highest BCUT2D eigenvalue weighted by Gasteiger charge is 2.37. The fourth-order valence-corrected chi connectivity index (χ4v) is 4.48. The number of thioether (sulfide) groups is 1. The molecule has 106 valence electrons. The zero-order chi connectivity index (χ0) is 14.0. The molecule has 1 saturated heterocycles. The molecule has 1 aliphatic heterocycles. The summed E-state index contributed by atoms with van der Waals surface area (Å²) in [6.07, 6.45) is 5.37. The van der Waals surface area contributed by atoms with E-state index < -0.39 is 0 Å². The molecular formula is C16H21N3S. The fraction of sp³-hybridized carbons (Fsp3) is 0.438. The highest BCUT2D eigenvalue weighted by Crippen LogP contribution is 2.41. The number of pyridine rings is 1. The van der Waals surface area contributed by atoms with Crippen molar-refractivity contribution in [1.82, 2.24) is 10.4 Å². The van der Waals surface area contributed by atoms with Crippen LogP contribution in [0.1, 0.15) is 25.3 Å². The van der Waals surface area contributed by atoms with Gasteiger partial charge in [-0.25, -0.2) is 0 Å². The Morgan fingerprint density at radius 2 is 2.25 bits per heavy atom. The topological polar surface area (TPSA) is 50.9 Å². The van der Waals surface area contributed by atoms with E-state index in [9.17, 15) is 0 Å². The third kappa shape index (κ3) is 2.55. The highest BCUT2D eigenvalue weighted by atomic mass is 32.2. The molecule has 0 amide bonds. The summed E-state index contributed by atoms with van der Waals surface area (Å²) in [4.78, 5) is 4.43. The van der Waals surface area contributed by atoms with Crippen molar-refractivity contribution in [3.05, 3.63) is 42.1 Å². The van der Waals surface area contributed by atoms with Crippen molar-refractivity contribution in [2.45, 2.75) is 37.0 Å². The van der Waals surface area contributed by atoms with Crippen LogP contribution in [0.15, 0.2) is 36.5 Å². The molecule has 20 heavy (non-hydrogen) atoms. The molecule has 1 aromatic heterocycles. The number of nitrogens with two attached hydrogens (primary N) is 1. The predicted octanol–water partition coefficient (Wildman–Crippen LogP) is 2.89. The smallest absolute Gasteiger partial charge is 0.0704 e. The molecule has 3 nitrogen and oxygen atoms in total. The maximum Gasteiger partial charge on any atom is 0.0704 e. The first-order chi connectivity index (χ1) is 9.73. The Labute approximate surface area is 124 Å². The van der Waals surface area contributed by atoms with Crippen molar-refractivity contribution in [3.63, 3.8) is 0 Å². The van der Waals surface area contributed by atoms with Gasteiger partial charge in [-0.3, -0.25) is 16.3 Å². The molecule has 3 N–H and O–H groups in total. The normalized spacial score (nSPS) is 24.1. The SMILES string of the molecule is CC1(C(Cc2ccnc3ccccc23)NN)CCCS1. The van der Waals surface area contributed by atoms with Crippen molar-refractivity contribution in [3.8, 4) is 0 Å². The van der Waals surface area contributed by atoms with Crippen LogP contribution in [0.5, 0.6) is 0 Å². The molecule has 1 fully saturated rings. The van der Waals surface area contributed by atoms with E-state index >= 15 is 0 Å². The van der Waals surface area contributed by atoms with Gasteiger partial charge in [0.25, 0.3) is 0 Å². The van der Waals surface area contributed by atoms with Gasteiger partial charge in [0, 0.05) is 22.4 Å². The van der Waals surface area contributed by atoms with Gasteiger partial charge in [0.05, 0.1) is 5.52 Å². The lowest BCUT2D eigenvalue weighted by atomic mass is 9.90. The van der Waals surface area contributed by atoms with Crippen LogP contribution in [0, 0.1) is 0 Å². The van der Waals surface area contributed by atoms with Gasteiger partial charge in [0.1, 0.15) is 0 Å². The molecule has 4 heteroatoms. The van der Waals surface area contributed by atoms with Crippen LogP contribution in [0.4, 0.5) is 0 Å². The maximum atomic E-state index is 5.85. The average Bonchev–Trinajstić information content (AvgIpc) is 2.92. The highest BCUT2D eigenvalue weighted by molar-refractivity contribution is 8.00. The Morgan fingerprint density at radius 3 is 3.00 bits per heavy atom. The average molecular weight is 287 g/mol. The van der Waals surface area contributed by atoms with Gasteiger partial charge < -0.3 is 0 Å². The fourth-order valence-electron chi connectivity index (χ4n) is 3.08. The summed E-state index contributed by atoms with van der Waals surface area (Å²) >= 11 is 2.04. The summed E-state index contributed by atoms with van der Waals surface area (Å²) in [6, 6.07) is 10.7. The Morgan fingerprint density at radius 1 is 1.40 bits per heavy atom. The summed E-state index contributed by atoms with van der Waals surface area (Å²) in [6.45, 7) is 2.33. The van der Waals surface area contributed by atoms with Crippen LogP contribution in [0.2, 0.25) is 0 Å². The van der Waals surface area contributed by atoms with Crippen molar-refractivity contribution in [2.24, 2.45) is 5.84 Å². The number of hydrogen-bond donors (Lipinski definition) is 2. The molecule has 2 unspecified atom stereocenters. The molecule has 1 aromatic carbocycles. The zero-order valence-corrected chi connectivity index (χ0v) is 12.6. The molecule has 0 spiro atoms. The van der Waals surface area contributed by atoms with Crippen LogP contribution >= 0.6 is 11.8 Å². The first kappa shape index (κ1) is 13.9. The number of hydrogen-bond acceptors (Lipinski definition) is 4. The van der Waals surface area contributed by atoms with Gasteiger partial charge >= 0.3 is 0 Å². The first-order valence-corrected chi connectivity index (χ1v) is 8.14. The molecule has 0 radical (unpaired) electrons. The minimum atomic E-state index is 0.235. The Hall–Kier alpha value is -1.10. The summed E-state index contributed by atoms with van der Waals surface area (Å²) in [7, 11) is 0. The number of aromatic nitrogens is 1. The van der Waals surface area contributed by atoms with Crippen LogP contribution in [0.3, 0.4) is 0 Å². The Kier molecular flexibility index (Phi) is 3.96. The number of nitrogens with zero attached hydrogens (tertiary/aromatic N) is 1. The van der Waals surface area contributed by atoms with Crippen molar-refractivity contribution in [2.75, 3.05) is 5.75 Å². The second kappa shape index (κ2) is 5.72. The maximum absolute atomic E-state index is 5.85. The van der Waals surface area contributed by atoms with Crippen LogP contribution in [-0.2, 0) is 6.42 Å². The molecule has 2 heterocycles. The second-order valence-electron chi connectivity index (χ2n) is 5.68. The number of nitrogens with one attached hydrogen (secondary N) is 1. The third-order valence-electron chi connectivity index (χ3n) is 4.35. The van der Waals surface area contributed by atoms with E-state index in [4.69, 9.17) is 5.84 Å². The summed E-state index contributed by atoms with van der Waals surface area (Å²) in [5.74, 6) is 7.09. The van der Waals surface area contributed by atoms with E-state index in [2.05, 4.69) is 41.6 Å². The molecule has 2 atom stereocenters. The molecule has 1 aliphatic rings. The standard InChI is InChI=1S/C16H21N3S/c1-16(8-4-10-20-16)15(19-17)11-12-7-9-18-14-6-3-2-5-13(12)14/h2-3,5-7,9,15,19H,4,8,10-11,17H2,1H3. The van der Waals surface area contributed by atoms with Crippen LogP contribution in [0.25, 0.3) is 10.9 Å². The number of rotatable bonds is 4. The molecule has 3 rings (SSSR count). The largest absolute Gasteiger partial charge is 0.271 e. The lowest BCUT2D eigenvalue weighted by molar-refractivity contribution is 0.406. The van der Waals surface area contributed by atoms with Crippen LogP contribution in [-0.4, -0.2) is 21.5 Å². The first-order valence-electron chi connectivity index (χ1n) is 7.16. The molecule has 0 aliphatic carbocycles. The summed E-state index contributed by atoms with van der Waals surface area (Å²) in [5, 5.41) is 1.24. The van der Waals surface area contributed by atoms with Gasteiger partial charge in [0.2, 0.25) is 0 Å². The molecular weight excluding hydrogens is 266 g/mol. The van der Waals surface area contributed by atoms with E-state index in [-0.39, 0.29) is 4.75 Å². The minimum absolute atomic E-state index is 0.235. The number of para-hydroxylation sites is 1. The van der Waals surface area contributed by atoms with Gasteiger partial charge in [-0.15, -0.1) is 0 Å². The number of hydrazine groups is 1. The van der Waals surface area contributed by atoms with E-state index in [1.165, 1.54) is 29.5 Å².